The van der Waals surface area contributed by atoms with Crippen LogP contribution >= 0.6 is 0 Å². The van der Waals surface area contributed by atoms with Crippen LogP contribution in [-0.2, 0) is 35.1 Å². The van der Waals surface area contributed by atoms with Crippen molar-refractivity contribution in [3.63, 3.8) is 0 Å². The summed E-state index contributed by atoms with van der Waals surface area (Å²) in [5, 5.41) is 0. The molecule has 0 spiro atoms. The Bertz CT molecular complexity index is 1190. The molecule has 3 saturated heterocycles. The van der Waals surface area contributed by atoms with Gasteiger partial charge in [0.05, 0.1) is 25.5 Å². The van der Waals surface area contributed by atoms with Gasteiger partial charge in [-0.2, -0.15) is 0 Å². The van der Waals surface area contributed by atoms with Crippen molar-refractivity contribution in [2.75, 3.05) is 33.3 Å². The minimum atomic E-state index is -1.49. The van der Waals surface area contributed by atoms with Gasteiger partial charge in [-0.3, -0.25) is 19.4 Å². The van der Waals surface area contributed by atoms with Crippen molar-refractivity contribution in [2.45, 2.75) is 31.2 Å². The summed E-state index contributed by atoms with van der Waals surface area (Å²) in [6, 6.07) is 5.45. The van der Waals surface area contributed by atoms with E-state index in [0.717, 1.165) is 18.4 Å². The van der Waals surface area contributed by atoms with Crippen LogP contribution in [0.3, 0.4) is 0 Å². The van der Waals surface area contributed by atoms with Crippen molar-refractivity contribution < 1.29 is 43.6 Å². The second-order valence-electron chi connectivity index (χ2n) is 10.2. The Balaban J connectivity index is 0.00000294. The van der Waals surface area contributed by atoms with Crippen molar-refractivity contribution >= 4 is 23.8 Å². The minimum Gasteiger partial charge on any atom is -0.493 e. The second-order valence-corrected chi connectivity index (χ2v) is 10.2. The zero-order valence-electron chi connectivity index (χ0n) is 21.0. The molecule has 1 aromatic rings. The lowest BCUT2D eigenvalue weighted by molar-refractivity contribution is -0.272. The molecule has 4 atom stereocenters. The van der Waals surface area contributed by atoms with E-state index in [1.54, 1.807) is 18.2 Å². The fraction of sp³-hybridized carbons (Fsp3) is 0.481. The number of carbonyl (C=O) groups is 4. The highest BCUT2D eigenvalue weighted by atomic mass is 16.8. The van der Waals surface area contributed by atoms with Gasteiger partial charge in [0.1, 0.15) is 0 Å². The van der Waals surface area contributed by atoms with Gasteiger partial charge in [-0.05, 0) is 37.9 Å². The topological polar surface area (TPSA) is 143 Å². The third-order valence-corrected chi connectivity index (χ3v) is 7.96. The van der Waals surface area contributed by atoms with E-state index in [1.807, 2.05) is 24.3 Å². The van der Waals surface area contributed by atoms with Gasteiger partial charge in [-0.15, -0.1) is 0 Å². The van der Waals surface area contributed by atoms with Crippen LogP contribution in [0, 0.1) is 17.8 Å². The SMILES string of the molecule is COc1cccc2c1OC1(CN3CCC(CN4C(=O)C5C=CC=CC5C4=O)CC3)OC(=O)C(=O)OC1C2.O. The fourth-order valence-corrected chi connectivity index (χ4v) is 5.98. The predicted octanol–water partition coefficient (Wildman–Crippen LogP) is 0.410. The van der Waals surface area contributed by atoms with Gasteiger partial charge >= 0.3 is 17.7 Å². The van der Waals surface area contributed by atoms with E-state index >= 15 is 0 Å². The molecule has 1 aromatic carbocycles. The monoisotopic (exact) mass is 526 g/mol. The number of imide groups is 1. The molecule has 0 saturated carbocycles. The lowest BCUT2D eigenvalue weighted by Gasteiger charge is -2.47. The molecule has 11 heteroatoms. The number of fused-ring (bicyclic) bond motifs is 3. The Morgan fingerprint density at radius 3 is 2.32 bits per heavy atom. The van der Waals surface area contributed by atoms with Gasteiger partial charge in [0.15, 0.2) is 17.6 Å². The molecule has 6 rings (SSSR count). The maximum absolute atomic E-state index is 12.8. The van der Waals surface area contributed by atoms with Crippen LogP contribution in [0.25, 0.3) is 0 Å². The fourth-order valence-electron chi connectivity index (χ4n) is 5.98. The van der Waals surface area contributed by atoms with Crippen LogP contribution in [0.4, 0.5) is 0 Å². The lowest BCUT2D eigenvalue weighted by atomic mass is 9.91. The average Bonchev–Trinajstić information content (AvgIpc) is 3.14. The zero-order chi connectivity index (χ0) is 25.7. The molecule has 4 unspecified atom stereocenters. The van der Waals surface area contributed by atoms with Gasteiger partial charge in [-0.1, -0.05) is 36.4 Å². The van der Waals surface area contributed by atoms with Crippen molar-refractivity contribution in [3.8, 4) is 11.5 Å². The number of piperidine rings is 1. The number of nitrogens with zero attached hydrogens (tertiary/aromatic N) is 2. The quantitative estimate of drug-likeness (QED) is 0.303. The summed E-state index contributed by atoms with van der Waals surface area (Å²) < 4.78 is 22.8. The van der Waals surface area contributed by atoms with Crippen molar-refractivity contribution in [1.82, 2.24) is 9.80 Å². The maximum atomic E-state index is 12.8. The number of amides is 2. The number of methoxy groups -OCH3 is 1. The molecule has 5 aliphatic rings. The van der Waals surface area contributed by atoms with Gasteiger partial charge < -0.3 is 24.4 Å². The molecule has 0 aromatic heterocycles. The first-order chi connectivity index (χ1) is 17.9. The molecule has 0 radical (unpaired) electrons. The number of hydrogen-bond acceptors (Lipinski definition) is 9. The number of ether oxygens (including phenoxy) is 4. The largest absolute Gasteiger partial charge is 0.493 e. The van der Waals surface area contributed by atoms with Crippen LogP contribution in [0.2, 0.25) is 0 Å². The normalized spacial score (nSPS) is 30.4. The van der Waals surface area contributed by atoms with E-state index in [9.17, 15) is 19.2 Å². The Morgan fingerprint density at radius 2 is 1.66 bits per heavy atom. The van der Waals surface area contributed by atoms with Crippen molar-refractivity contribution in [1.29, 1.82) is 0 Å². The smallest absolute Gasteiger partial charge is 0.420 e. The number of para-hydroxylation sites is 1. The summed E-state index contributed by atoms with van der Waals surface area (Å²) in [4.78, 5) is 53.4. The minimum absolute atomic E-state index is 0. The summed E-state index contributed by atoms with van der Waals surface area (Å²) in [5.74, 6) is -3.48. The number of carbonyl (C=O) groups excluding carboxylic acids is 4. The summed E-state index contributed by atoms with van der Waals surface area (Å²) in [6.07, 6.45) is 8.29. The lowest BCUT2D eigenvalue weighted by Crippen LogP contribution is -2.66. The molecule has 4 aliphatic heterocycles. The summed E-state index contributed by atoms with van der Waals surface area (Å²) in [6.45, 7) is 1.91. The predicted molar refractivity (Wildman–Crippen MR) is 131 cm³/mol. The Labute approximate surface area is 219 Å². The zero-order valence-corrected chi connectivity index (χ0v) is 21.0. The Hall–Kier alpha value is -3.70. The Morgan fingerprint density at radius 1 is 0.974 bits per heavy atom. The van der Waals surface area contributed by atoms with E-state index < -0.39 is 23.8 Å². The standard InChI is InChI=1S/C27H28N2O8.H2O/c1-34-20-8-4-5-17-13-21-27(36-22(17)20,37-26(33)25(32)35-21)15-28-11-9-16(10-12-28)14-29-23(30)18-6-2-3-7-19(18)24(29)31;/h2-8,16,18-19,21H,9-15H2,1H3;1H2. The first-order valence-corrected chi connectivity index (χ1v) is 12.6. The first-order valence-electron chi connectivity index (χ1n) is 12.6. The van der Waals surface area contributed by atoms with Crippen LogP contribution in [0.1, 0.15) is 18.4 Å². The number of likely N-dealkylation sites (tertiary alicyclic amines) is 2. The van der Waals surface area contributed by atoms with E-state index in [2.05, 4.69) is 4.90 Å². The molecule has 2 N–H and O–H groups in total. The Kier molecular flexibility index (Phi) is 6.74. The summed E-state index contributed by atoms with van der Waals surface area (Å²) >= 11 is 0. The summed E-state index contributed by atoms with van der Waals surface area (Å²) in [7, 11) is 1.53. The third kappa shape index (κ3) is 4.25. The number of rotatable bonds is 5. The van der Waals surface area contributed by atoms with Gasteiger partial charge in [-0.25, -0.2) is 9.59 Å². The van der Waals surface area contributed by atoms with Gasteiger partial charge in [0.25, 0.3) is 0 Å². The van der Waals surface area contributed by atoms with E-state index in [4.69, 9.17) is 18.9 Å². The number of hydrogen-bond donors (Lipinski definition) is 0. The maximum Gasteiger partial charge on any atom is 0.420 e. The highest BCUT2D eigenvalue weighted by Crippen LogP contribution is 2.44. The van der Waals surface area contributed by atoms with Crippen molar-refractivity contribution in [3.05, 3.63) is 48.1 Å². The van der Waals surface area contributed by atoms with Gasteiger partial charge in [0.2, 0.25) is 11.8 Å². The van der Waals surface area contributed by atoms with E-state index in [1.165, 1.54) is 12.0 Å². The highest BCUT2D eigenvalue weighted by Gasteiger charge is 2.57. The molecule has 2 amide bonds. The van der Waals surface area contributed by atoms with E-state index in [0.29, 0.717) is 37.6 Å². The molecule has 0 bridgehead atoms. The number of benzene rings is 1. The second kappa shape index (κ2) is 9.88. The highest BCUT2D eigenvalue weighted by molar-refractivity contribution is 6.30. The molecular weight excluding hydrogens is 496 g/mol. The van der Waals surface area contributed by atoms with E-state index in [-0.39, 0.29) is 41.6 Å². The van der Waals surface area contributed by atoms with Crippen LogP contribution < -0.4 is 9.47 Å². The molecule has 38 heavy (non-hydrogen) atoms. The first kappa shape index (κ1) is 25.9. The van der Waals surface area contributed by atoms with Crippen LogP contribution in [0.15, 0.2) is 42.5 Å². The molecule has 11 nitrogen and oxygen atoms in total. The molecule has 3 fully saturated rings. The number of allylic oxidation sites excluding steroid dienone is 2. The van der Waals surface area contributed by atoms with Crippen molar-refractivity contribution in [2.24, 2.45) is 17.8 Å². The molecule has 4 heterocycles. The number of esters is 2. The molecular formula is C27H30N2O9. The summed E-state index contributed by atoms with van der Waals surface area (Å²) in [5.41, 5.74) is 0.801. The average molecular weight is 527 g/mol. The molecule has 1 aliphatic carbocycles. The van der Waals surface area contributed by atoms with Crippen LogP contribution in [0.5, 0.6) is 11.5 Å². The third-order valence-electron chi connectivity index (χ3n) is 7.96. The van der Waals surface area contributed by atoms with Crippen LogP contribution in [-0.4, -0.2) is 84.2 Å². The molecule has 202 valence electrons. The van der Waals surface area contributed by atoms with Gasteiger partial charge in [0, 0.05) is 18.5 Å².